The molecule has 156 valence electrons. The second kappa shape index (κ2) is 7.90. The zero-order valence-corrected chi connectivity index (χ0v) is 15.7. The first-order chi connectivity index (χ1) is 14.8. The molecule has 0 unspecified atom stereocenters. The molecule has 2 aromatic heterocycles. The number of carbonyl (C=O) groups is 1. The number of pyridine rings is 1. The lowest BCUT2D eigenvalue weighted by molar-refractivity contribution is -0.137. The minimum atomic E-state index is -4.51. The van der Waals surface area contributed by atoms with Gasteiger partial charge in [-0.3, -0.25) is 9.78 Å². The topological polar surface area (TPSA) is 103 Å². The molecule has 0 spiro atoms. The van der Waals surface area contributed by atoms with Crippen LogP contribution in [0.5, 0.6) is 11.6 Å². The van der Waals surface area contributed by atoms with Crippen molar-refractivity contribution in [3.8, 4) is 11.6 Å². The van der Waals surface area contributed by atoms with Gasteiger partial charge in [-0.15, -0.1) is 0 Å². The third kappa shape index (κ3) is 4.53. The number of ether oxygens (including phenoxy) is 1. The van der Waals surface area contributed by atoms with Gasteiger partial charge in [-0.25, -0.2) is 9.97 Å². The molecule has 0 radical (unpaired) electrons. The summed E-state index contributed by atoms with van der Waals surface area (Å²) in [5.74, 6) is 0.334. The van der Waals surface area contributed by atoms with Crippen molar-refractivity contribution in [3.05, 3.63) is 78.2 Å². The number of nitrogens with zero attached hydrogens (tertiary/aromatic N) is 3. The minimum Gasteiger partial charge on any atom is -0.439 e. The van der Waals surface area contributed by atoms with E-state index in [2.05, 4.69) is 20.3 Å². The van der Waals surface area contributed by atoms with Crippen molar-refractivity contribution in [2.45, 2.75) is 6.18 Å². The van der Waals surface area contributed by atoms with E-state index in [1.54, 1.807) is 18.2 Å². The fourth-order valence-electron chi connectivity index (χ4n) is 2.89. The number of hydrogen-bond donors (Lipinski definition) is 2. The molecule has 10 heteroatoms. The number of benzene rings is 2. The Balaban J connectivity index is 1.60. The summed E-state index contributed by atoms with van der Waals surface area (Å²) in [6.07, 6.45) is -1.81. The third-order valence-electron chi connectivity index (χ3n) is 4.29. The number of amides is 1. The van der Waals surface area contributed by atoms with Crippen LogP contribution in [0.2, 0.25) is 0 Å². The van der Waals surface area contributed by atoms with Crippen molar-refractivity contribution in [2.24, 2.45) is 0 Å². The van der Waals surface area contributed by atoms with Crippen LogP contribution in [0.1, 0.15) is 15.9 Å². The molecule has 0 aliphatic rings. The van der Waals surface area contributed by atoms with Crippen LogP contribution in [-0.4, -0.2) is 20.9 Å². The van der Waals surface area contributed by atoms with Crippen LogP contribution < -0.4 is 15.8 Å². The first-order valence-electron chi connectivity index (χ1n) is 8.92. The van der Waals surface area contributed by atoms with Crippen LogP contribution in [0.3, 0.4) is 0 Å². The number of nitrogens with two attached hydrogens (primary N) is 1. The number of aromatic nitrogens is 3. The lowest BCUT2D eigenvalue weighted by Crippen LogP contribution is -2.13. The van der Waals surface area contributed by atoms with Crippen molar-refractivity contribution in [1.82, 2.24) is 15.0 Å². The summed E-state index contributed by atoms with van der Waals surface area (Å²) in [5, 5.41) is 3.00. The fourth-order valence-corrected chi connectivity index (χ4v) is 2.89. The summed E-state index contributed by atoms with van der Waals surface area (Å²) in [6, 6.07) is 12.2. The molecule has 2 aromatic carbocycles. The van der Waals surface area contributed by atoms with Gasteiger partial charge in [0.1, 0.15) is 17.9 Å². The molecule has 31 heavy (non-hydrogen) atoms. The Morgan fingerprint density at radius 1 is 1.00 bits per heavy atom. The molecule has 7 nitrogen and oxygen atoms in total. The van der Waals surface area contributed by atoms with Crippen molar-refractivity contribution in [3.63, 3.8) is 0 Å². The monoisotopic (exact) mass is 425 g/mol. The molecule has 0 aliphatic heterocycles. The van der Waals surface area contributed by atoms with Gasteiger partial charge in [-0.05, 0) is 36.4 Å². The average molecular weight is 425 g/mol. The molecule has 0 saturated carbocycles. The summed E-state index contributed by atoms with van der Waals surface area (Å²) in [5.41, 5.74) is 5.49. The Kier molecular flexibility index (Phi) is 5.12. The average Bonchev–Trinajstić information content (AvgIpc) is 2.73. The van der Waals surface area contributed by atoms with Gasteiger partial charge in [-0.2, -0.15) is 13.2 Å². The minimum absolute atomic E-state index is 0.0334. The number of anilines is 2. The Morgan fingerprint density at radius 2 is 1.84 bits per heavy atom. The summed E-state index contributed by atoms with van der Waals surface area (Å²) < 4.78 is 44.3. The zero-order chi connectivity index (χ0) is 22.0. The second-order valence-electron chi connectivity index (χ2n) is 6.45. The van der Waals surface area contributed by atoms with Gasteiger partial charge < -0.3 is 15.8 Å². The molecule has 1 amide bonds. The van der Waals surface area contributed by atoms with E-state index in [1.807, 2.05) is 0 Å². The first kappa shape index (κ1) is 20.1. The smallest absolute Gasteiger partial charge is 0.416 e. The van der Waals surface area contributed by atoms with Gasteiger partial charge in [0.2, 0.25) is 5.88 Å². The quantitative estimate of drug-likeness (QED) is 0.493. The van der Waals surface area contributed by atoms with Crippen LogP contribution in [-0.2, 0) is 6.18 Å². The van der Waals surface area contributed by atoms with Crippen LogP contribution >= 0.6 is 0 Å². The molecule has 4 rings (SSSR count). The third-order valence-corrected chi connectivity index (χ3v) is 4.29. The van der Waals surface area contributed by atoms with E-state index in [-0.39, 0.29) is 22.9 Å². The predicted octanol–water partition coefficient (Wildman–Crippen LogP) is 4.67. The molecule has 0 fully saturated rings. The summed E-state index contributed by atoms with van der Waals surface area (Å²) in [7, 11) is 0. The van der Waals surface area contributed by atoms with Crippen LogP contribution in [0, 0.1) is 0 Å². The molecular formula is C21H14F3N5O2. The lowest BCUT2D eigenvalue weighted by Gasteiger charge is -2.11. The van der Waals surface area contributed by atoms with E-state index in [9.17, 15) is 18.0 Å². The molecule has 2 heterocycles. The van der Waals surface area contributed by atoms with Gasteiger partial charge in [0.05, 0.1) is 16.6 Å². The SMILES string of the molecule is Nc1cc(Oc2ccc3c(C(=O)Nc4cccc(C(F)(F)F)c4)ccnc3c2)ncn1. The van der Waals surface area contributed by atoms with Gasteiger partial charge >= 0.3 is 6.18 Å². The molecule has 0 bridgehead atoms. The molecule has 0 atom stereocenters. The van der Waals surface area contributed by atoms with Crippen LogP contribution in [0.25, 0.3) is 10.9 Å². The molecule has 0 aliphatic carbocycles. The number of hydrogen-bond acceptors (Lipinski definition) is 6. The van der Waals surface area contributed by atoms with Gasteiger partial charge in [0.15, 0.2) is 0 Å². The maximum absolute atomic E-state index is 12.9. The maximum Gasteiger partial charge on any atom is 0.416 e. The Morgan fingerprint density at radius 3 is 2.61 bits per heavy atom. The first-order valence-corrected chi connectivity index (χ1v) is 8.92. The highest BCUT2D eigenvalue weighted by molar-refractivity contribution is 6.12. The van der Waals surface area contributed by atoms with E-state index in [0.29, 0.717) is 16.7 Å². The van der Waals surface area contributed by atoms with Crippen LogP contribution in [0.4, 0.5) is 24.7 Å². The second-order valence-corrected chi connectivity index (χ2v) is 6.45. The van der Waals surface area contributed by atoms with Crippen molar-refractivity contribution < 1.29 is 22.7 Å². The number of carbonyl (C=O) groups excluding carboxylic acids is 1. The van der Waals surface area contributed by atoms with Crippen molar-refractivity contribution in [1.29, 1.82) is 0 Å². The fraction of sp³-hybridized carbons (Fsp3) is 0.0476. The number of alkyl halides is 3. The van der Waals surface area contributed by atoms with Crippen LogP contribution in [0.15, 0.2) is 67.1 Å². The summed E-state index contributed by atoms with van der Waals surface area (Å²) >= 11 is 0. The number of nitrogens with one attached hydrogen (secondary N) is 1. The lowest BCUT2D eigenvalue weighted by atomic mass is 10.1. The Labute approximate surface area is 173 Å². The van der Waals surface area contributed by atoms with E-state index >= 15 is 0 Å². The highest BCUT2D eigenvalue weighted by atomic mass is 19.4. The van der Waals surface area contributed by atoms with Gasteiger partial charge in [0, 0.05) is 29.4 Å². The molecule has 3 N–H and O–H groups in total. The summed E-state index contributed by atoms with van der Waals surface area (Å²) in [6.45, 7) is 0. The number of nitrogen functional groups attached to an aromatic ring is 1. The van der Waals surface area contributed by atoms with Gasteiger partial charge in [-0.1, -0.05) is 6.07 Å². The Hall–Kier alpha value is -4.21. The van der Waals surface area contributed by atoms with Gasteiger partial charge in [0.25, 0.3) is 5.91 Å². The number of rotatable bonds is 4. The summed E-state index contributed by atoms with van der Waals surface area (Å²) in [4.78, 5) is 24.7. The maximum atomic E-state index is 12.9. The molecule has 4 aromatic rings. The van der Waals surface area contributed by atoms with Crippen molar-refractivity contribution >= 4 is 28.3 Å². The van der Waals surface area contributed by atoms with Crippen molar-refractivity contribution in [2.75, 3.05) is 11.1 Å². The standard InChI is InChI=1S/C21H14F3N5O2/c22-21(23,24)12-2-1-3-13(8-12)29-20(30)16-6-7-26-17-9-14(4-5-15(16)17)31-19-10-18(25)27-11-28-19/h1-11H,(H,29,30)(H2,25,27,28). The highest BCUT2D eigenvalue weighted by Gasteiger charge is 2.30. The largest absolute Gasteiger partial charge is 0.439 e. The number of halogens is 3. The van der Waals surface area contributed by atoms with E-state index in [0.717, 1.165) is 12.1 Å². The normalized spacial score (nSPS) is 11.3. The zero-order valence-electron chi connectivity index (χ0n) is 15.7. The molecule has 0 saturated heterocycles. The predicted molar refractivity (Wildman–Crippen MR) is 108 cm³/mol. The van der Waals surface area contributed by atoms with E-state index < -0.39 is 17.6 Å². The Bertz CT molecular complexity index is 1280. The van der Waals surface area contributed by atoms with E-state index in [1.165, 1.54) is 36.8 Å². The van der Waals surface area contributed by atoms with E-state index in [4.69, 9.17) is 10.5 Å². The molecular weight excluding hydrogens is 411 g/mol. The number of fused-ring (bicyclic) bond motifs is 1. The highest BCUT2D eigenvalue weighted by Crippen LogP contribution is 2.31.